The molecule has 12 heavy (non-hydrogen) atoms. The Morgan fingerprint density at radius 1 is 1.50 bits per heavy atom. The Morgan fingerprint density at radius 3 is 2.83 bits per heavy atom. The van der Waals surface area contributed by atoms with E-state index in [0.717, 1.165) is 24.6 Å². The number of rotatable bonds is 7. The van der Waals surface area contributed by atoms with Crippen LogP contribution < -0.4 is 10.6 Å². The topological polar surface area (TPSA) is 41.1 Å². The maximum absolute atomic E-state index is 11.0. The van der Waals surface area contributed by atoms with Crippen molar-refractivity contribution in [1.82, 2.24) is 10.6 Å². The van der Waals surface area contributed by atoms with Crippen molar-refractivity contribution in [2.45, 2.75) is 19.8 Å². The van der Waals surface area contributed by atoms with Crippen LogP contribution in [0.2, 0.25) is 0 Å². The molecule has 0 bridgehead atoms. The lowest BCUT2D eigenvalue weighted by Gasteiger charge is -2.02. The second kappa shape index (κ2) is 8.87. The minimum atomic E-state index is 0.167. The summed E-state index contributed by atoms with van der Waals surface area (Å²) in [6, 6.07) is 0. The quantitative estimate of drug-likeness (QED) is 0.461. The number of carbonyl (C=O) groups excluding carboxylic acids is 1. The molecule has 0 saturated heterocycles. The smallest absolute Gasteiger partial charge is 0.220 e. The molecule has 0 fully saturated rings. The summed E-state index contributed by atoms with van der Waals surface area (Å²) in [4.78, 5) is 11.0. The van der Waals surface area contributed by atoms with E-state index in [0.29, 0.717) is 6.42 Å². The minimum Gasteiger partial charge on any atom is -0.356 e. The van der Waals surface area contributed by atoms with Gasteiger partial charge in [0.2, 0.25) is 5.91 Å². The minimum absolute atomic E-state index is 0.167. The van der Waals surface area contributed by atoms with E-state index in [4.69, 9.17) is 0 Å². The Hall–Kier alpha value is -0.220. The molecule has 0 aromatic carbocycles. The summed E-state index contributed by atoms with van der Waals surface area (Å²) in [6.45, 7) is 2.85. The van der Waals surface area contributed by atoms with Gasteiger partial charge < -0.3 is 10.6 Å². The van der Waals surface area contributed by atoms with Crippen LogP contribution in [0.4, 0.5) is 0 Å². The van der Waals surface area contributed by atoms with Gasteiger partial charge in [-0.15, -0.1) is 11.8 Å². The highest BCUT2D eigenvalue weighted by Gasteiger charge is 1.98. The van der Waals surface area contributed by atoms with Crippen LogP contribution in [0.1, 0.15) is 19.8 Å². The lowest BCUT2D eigenvalue weighted by molar-refractivity contribution is -0.120. The summed E-state index contributed by atoms with van der Waals surface area (Å²) < 4.78 is 0. The first kappa shape index (κ1) is 11.8. The predicted octanol–water partition coefficient (Wildman–Crippen LogP) is 0.813. The fourth-order valence-electron chi connectivity index (χ4n) is 0.692. The van der Waals surface area contributed by atoms with Crippen molar-refractivity contribution in [1.29, 1.82) is 0 Å². The van der Waals surface area contributed by atoms with E-state index in [9.17, 15) is 4.79 Å². The van der Waals surface area contributed by atoms with E-state index in [1.807, 2.05) is 7.05 Å². The van der Waals surface area contributed by atoms with Gasteiger partial charge in [0, 0.05) is 24.6 Å². The van der Waals surface area contributed by atoms with Crippen LogP contribution in [-0.4, -0.2) is 31.1 Å². The van der Waals surface area contributed by atoms with Crippen LogP contribution in [0, 0.1) is 0 Å². The molecule has 72 valence electrons. The predicted molar refractivity (Wildman–Crippen MR) is 54.3 cm³/mol. The van der Waals surface area contributed by atoms with Crippen LogP contribution in [0.15, 0.2) is 0 Å². The average molecular weight is 190 g/mol. The highest BCUT2D eigenvalue weighted by Crippen LogP contribution is 1.98. The van der Waals surface area contributed by atoms with Gasteiger partial charge in [-0.25, -0.2) is 0 Å². The molecule has 0 saturated carbocycles. The Labute approximate surface area is 78.7 Å². The van der Waals surface area contributed by atoms with E-state index in [2.05, 4.69) is 17.6 Å². The van der Waals surface area contributed by atoms with E-state index in [-0.39, 0.29) is 5.91 Å². The first-order chi connectivity index (χ1) is 5.81. The summed E-state index contributed by atoms with van der Waals surface area (Å²) in [5.74, 6) is 1.98. The Bertz CT molecular complexity index is 120. The lowest BCUT2D eigenvalue weighted by atomic mass is 10.4. The largest absolute Gasteiger partial charge is 0.356 e. The zero-order chi connectivity index (χ0) is 9.23. The fraction of sp³-hybridized carbons (Fsp3) is 0.875. The van der Waals surface area contributed by atoms with Crippen molar-refractivity contribution in [3.63, 3.8) is 0 Å². The normalized spacial score (nSPS) is 9.83. The molecule has 1 amide bonds. The number of thioether (sulfide) groups is 1. The van der Waals surface area contributed by atoms with Crippen molar-refractivity contribution >= 4 is 17.7 Å². The zero-order valence-electron chi connectivity index (χ0n) is 7.85. The van der Waals surface area contributed by atoms with Gasteiger partial charge in [-0.05, 0) is 13.5 Å². The van der Waals surface area contributed by atoms with Crippen LogP contribution in [0.5, 0.6) is 0 Å². The second-order valence-corrected chi connectivity index (χ2v) is 3.61. The molecular weight excluding hydrogens is 172 g/mol. The van der Waals surface area contributed by atoms with Gasteiger partial charge in [-0.3, -0.25) is 4.79 Å². The van der Waals surface area contributed by atoms with Crippen LogP contribution in [-0.2, 0) is 4.79 Å². The van der Waals surface area contributed by atoms with E-state index >= 15 is 0 Å². The van der Waals surface area contributed by atoms with Crippen LogP contribution in [0.3, 0.4) is 0 Å². The van der Waals surface area contributed by atoms with Crippen molar-refractivity contribution in [2.75, 3.05) is 25.2 Å². The third kappa shape index (κ3) is 7.88. The molecule has 0 rings (SSSR count). The molecule has 2 N–H and O–H groups in total. The summed E-state index contributed by atoms with van der Waals surface area (Å²) in [5, 5.41) is 5.85. The van der Waals surface area contributed by atoms with Gasteiger partial charge in [0.05, 0.1) is 0 Å². The van der Waals surface area contributed by atoms with Gasteiger partial charge in [0.15, 0.2) is 0 Å². The van der Waals surface area contributed by atoms with Crippen molar-refractivity contribution < 1.29 is 4.79 Å². The van der Waals surface area contributed by atoms with Gasteiger partial charge in [-0.2, -0.15) is 0 Å². The molecule has 4 heteroatoms. The van der Waals surface area contributed by atoms with Crippen molar-refractivity contribution in [3.8, 4) is 0 Å². The first-order valence-electron chi connectivity index (χ1n) is 4.30. The van der Waals surface area contributed by atoms with Gasteiger partial charge in [-0.1, -0.05) is 6.92 Å². The Kier molecular flexibility index (Phi) is 8.71. The highest BCUT2D eigenvalue weighted by molar-refractivity contribution is 7.99. The van der Waals surface area contributed by atoms with Crippen molar-refractivity contribution in [3.05, 3.63) is 0 Å². The molecule has 0 aliphatic carbocycles. The summed E-state index contributed by atoms with van der Waals surface area (Å²) in [6.07, 6.45) is 1.64. The number of carbonyl (C=O) groups is 1. The molecule has 3 nitrogen and oxygen atoms in total. The Morgan fingerprint density at radius 2 is 2.25 bits per heavy atom. The summed E-state index contributed by atoms with van der Waals surface area (Å²) in [5.41, 5.74) is 0. The number of nitrogens with one attached hydrogen (secondary N) is 2. The SMILES string of the molecule is CCCNC(=O)CCSCNC. The standard InChI is InChI=1S/C8H18N2OS/c1-3-5-10-8(11)4-6-12-7-9-2/h9H,3-7H2,1-2H3,(H,10,11). The number of hydrogen-bond donors (Lipinski definition) is 2. The first-order valence-corrected chi connectivity index (χ1v) is 5.45. The molecule has 0 aliphatic heterocycles. The summed E-state index contributed by atoms with van der Waals surface area (Å²) >= 11 is 1.74. The lowest BCUT2D eigenvalue weighted by Crippen LogP contribution is -2.24. The second-order valence-electron chi connectivity index (χ2n) is 2.51. The van der Waals surface area contributed by atoms with Gasteiger partial charge in [0.1, 0.15) is 0 Å². The third-order valence-electron chi connectivity index (χ3n) is 1.29. The van der Waals surface area contributed by atoms with Gasteiger partial charge in [0.25, 0.3) is 0 Å². The van der Waals surface area contributed by atoms with E-state index in [1.165, 1.54) is 0 Å². The Balaban J connectivity index is 3.08. The van der Waals surface area contributed by atoms with E-state index in [1.54, 1.807) is 11.8 Å². The molecule has 0 aromatic heterocycles. The highest BCUT2D eigenvalue weighted by atomic mass is 32.2. The van der Waals surface area contributed by atoms with Crippen molar-refractivity contribution in [2.24, 2.45) is 0 Å². The zero-order valence-corrected chi connectivity index (χ0v) is 8.67. The third-order valence-corrected chi connectivity index (χ3v) is 2.28. The maximum atomic E-state index is 11.0. The molecule has 0 spiro atoms. The molecule has 0 aliphatic rings. The fourth-order valence-corrected chi connectivity index (χ4v) is 1.37. The monoisotopic (exact) mass is 190 g/mol. The maximum Gasteiger partial charge on any atom is 0.220 e. The molecule has 0 unspecified atom stereocenters. The number of amides is 1. The molecule has 0 aromatic rings. The molecule has 0 heterocycles. The molecule has 0 radical (unpaired) electrons. The molecule has 0 atom stereocenters. The molecular formula is C8H18N2OS. The van der Waals surface area contributed by atoms with Crippen LogP contribution >= 0.6 is 11.8 Å². The van der Waals surface area contributed by atoms with Gasteiger partial charge >= 0.3 is 0 Å². The summed E-state index contributed by atoms with van der Waals surface area (Å²) in [7, 11) is 1.91. The average Bonchev–Trinajstić information content (AvgIpc) is 2.09. The van der Waals surface area contributed by atoms with E-state index < -0.39 is 0 Å². The van der Waals surface area contributed by atoms with Crippen LogP contribution in [0.25, 0.3) is 0 Å². The number of hydrogen-bond acceptors (Lipinski definition) is 3.